The van der Waals surface area contributed by atoms with Crippen LogP contribution in [0.25, 0.3) is 11.1 Å². The van der Waals surface area contributed by atoms with E-state index < -0.39 is 11.7 Å². The number of ether oxygens (including phenoxy) is 1. The highest BCUT2D eigenvalue weighted by Gasteiger charge is 2.26. The van der Waals surface area contributed by atoms with E-state index in [2.05, 4.69) is 69.0 Å². The minimum atomic E-state index is -0.622. The minimum absolute atomic E-state index is 0.00367. The lowest BCUT2D eigenvalue weighted by atomic mass is 9.91. The summed E-state index contributed by atoms with van der Waals surface area (Å²) in [6, 6.07) is 19.9. The van der Waals surface area contributed by atoms with Crippen LogP contribution in [0.5, 0.6) is 11.6 Å². The molecule has 6 rings (SSSR count). The second-order valence-corrected chi connectivity index (χ2v) is 13.2. The van der Waals surface area contributed by atoms with Crippen LogP contribution in [0.15, 0.2) is 73.1 Å². The molecule has 1 aliphatic heterocycles. The molecular weight excluding hydrogens is 609 g/mol. The van der Waals surface area contributed by atoms with Gasteiger partial charge in [-0.2, -0.15) is 5.10 Å². The predicted octanol–water partition coefficient (Wildman–Crippen LogP) is 5.11. The monoisotopic (exact) mass is 653 g/mol. The Morgan fingerprint density at radius 3 is 2.27 bits per heavy atom. The van der Waals surface area contributed by atoms with Crippen LogP contribution in [-0.4, -0.2) is 75.3 Å². The molecule has 0 bridgehead atoms. The van der Waals surface area contributed by atoms with Crippen LogP contribution in [0.4, 0.5) is 4.39 Å². The van der Waals surface area contributed by atoms with Crippen LogP contribution in [0.3, 0.4) is 0 Å². The molecule has 10 nitrogen and oxygen atoms in total. The third-order valence-corrected chi connectivity index (χ3v) is 9.09. The second-order valence-electron chi connectivity index (χ2n) is 13.2. The van der Waals surface area contributed by atoms with Crippen molar-refractivity contribution in [3.63, 3.8) is 0 Å². The summed E-state index contributed by atoms with van der Waals surface area (Å²) in [4.78, 5) is 32.5. The van der Waals surface area contributed by atoms with Crippen LogP contribution in [-0.2, 0) is 13.5 Å². The van der Waals surface area contributed by atoms with Gasteiger partial charge in [-0.05, 0) is 86.9 Å². The first-order valence-electron chi connectivity index (χ1n) is 16.8. The zero-order chi connectivity index (χ0) is 33.6. The molecule has 48 heavy (non-hydrogen) atoms. The van der Waals surface area contributed by atoms with E-state index in [1.54, 1.807) is 30.1 Å². The molecule has 3 heterocycles. The Bertz CT molecular complexity index is 1710. The summed E-state index contributed by atoms with van der Waals surface area (Å²) in [5.41, 5.74) is 3.71. The van der Waals surface area contributed by atoms with Gasteiger partial charge < -0.3 is 20.7 Å². The van der Waals surface area contributed by atoms with E-state index in [9.17, 15) is 14.0 Å². The van der Waals surface area contributed by atoms with Gasteiger partial charge in [-0.1, -0.05) is 36.4 Å². The molecule has 0 unspecified atom stereocenters. The van der Waals surface area contributed by atoms with Gasteiger partial charge in [0, 0.05) is 57.0 Å². The highest BCUT2D eigenvalue weighted by Crippen LogP contribution is 2.29. The van der Waals surface area contributed by atoms with E-state index in [1.165, 1.54) is 5.56 Å². The molecule has 2 amide bonds. The molecule has 2 fully saturated rings. The summed E-state index contributed by atoms with van der Waals surface area (Å²) in [6.45, 7) is 7.64. The summed E-state index contributed by atoms with van der Waals surface area (Å²) in [7, 11) is 1.77. The predicted molar refractivity (Wildman–Crippen MR) is 183 cm³/mol. The number of amides is 2. The van der Waals surface area contributed by atoms with Crippen molar-refractivity contribution in [1.29, 1.82) is 0 Å². The number of nitrogens with one attached hydrogen (secondary N) is 3. The number of carbonyl (C=O) groups is 2. The average molecular weight is 654 g/mol. The lowest BCUT2D eigenvalue weighted by molar-refractivity contribution is 0.0887. The van der Waals surface area contributed by atoms with Crippen molar-refractivity contribution in [2.24, 2.45) is 7.05 Å². The molecule has 3 N–H and O–H groups in total. The van der Waals surface area contributed by atoms with Crippen molar-refractivity contribution in [2.45, 2.75) is 70.1 Å². The van der Waals surface area contributed by atoms with E-state index in [4.69, 9.17) is 4.74 Å². The van der Waals surface area contributed by atoms with Gasteiger partial charge in [0.15, 0.2) is 0 Å². The smallest absolute Gasteiger partial charge is 0.271 e. The van der Waals surface area contributed by atoms with Gasteiger partial charge >= 0.3 is 0 Å². The molecule has 2 aromatic heterocycles. The molecule has 252 valence electrons. The van der Waals surface area contributed by atoms with E-state index in [-0.39, 0.29) is 29.4 Å². The summed E-state index contributed by atoms with van der Waals surface area (Å²) < 4.78 is 22.0. The Labute approximate surface area is 281 Å². The van der Waals surface area contributed by atoms with Gasteiger partial charge in [-0.3, -0.25) is 19.2 Å². The van der Waals surface area contributed by atoms with Crippen molar-refractivity contribution in [3.8, 4) is 22.8 Å². The van der Waals surface area contributed by atoms with Crippen LogP contribution in [0.1, 0.15) is 65.9 Å². The Morgan fingerprint density at radius 1 is 0.917 bits per heavy atom. The fourth-order valence-corrected chi connectivity index (χ4v) is 6.74. The number of aromatic nitrogens is 3. The highest BCUT2D eigenvalue weighted by molar-refractivity contribution is 5.96. The van der Waals surface area contributed by atoms with E-state index in [1.807, 2.05) is 18.2 Å². The van der Waals surface area contributed by atoms with Crippen molar-refractivity contribution >= 4 is 11.8 Å². The number of benzene rings is 2. The maximum Gasteiger partial charge on any atom is 0.271 e. The first-order valence-corrected chi connectivity index (χ1v) is 16.8. The standard InChI is InChI=1S/C37H44FN7O3/c1-24-22-45(23-25(2)40-24)18-15-26-7-9-27(10-8-26)28-5-4-6-32(19-28)48-37-33(20-29(38)21-39-37)35(46)41-30-11-13-31(14-12-30)42-36(47)34-16-17-44(3)43-34/h4-10,16-17,19-21,24-25,30-31,40H,11-15,18,22-23H2,1-3H3,(H,41,46)(H,42,47)/t24-,25+,30-,31-. The molecule has 0 radical (unpaired) electrons. The fourth-order valence-electron chi connectivity index (χ4n) is 6.74. The van der Waals surface area contributed by atoms with Gasteiger partial charge in [0.25, 0.3) is 11.8 Å². The van der Waals surface area contributed by atoms with Crippen molar-refractivity contribution in [3.05, 3.63) is 95.7 Å². The molecule has 11 heteroatoms. The van der Waals surface area contributed by atoms with Crippen molar-refractivity contribution in [2.75, 3.05) is 19.6 Å². The Morgan fingerprint density at radius 2 is 1.60 bits per heavy atom. The van der Waals surface area contributed by atoms with Crippen LogP contribution >= 0.6 is 0 Å². The molecule has 1 aliphatic carbocycles. The molecular formula is C37H44FN7O3. The summed E-state index contributed by atoms with van der Waals surface area (Å²) in [6.07, 6.45) is 6.53. The number of carbonyl (C=O) groups excluding carboxylic acids is 2. The molecule has 2 aromatic carbocycles. The summed E-state index contributed by atoms with van der Waals surface area (Å²) in [5, 5.41) is 13.8. The summed E-state index contributed by atoms with van der Waals surface area (Å²) in [5.74, 6) is -0.745. The molecule has 2 atom stereocenters. The third kappa shape index (κ3) is 8.64. The lowest BCUT2D eigenvalue weighted by Crippen LogP contribution is -2.54. The van der Waals surface area contributed by atoms with Gasteiger partial charge in [0.2, 0.25) is 5.88 Å². The zero-order valence-electron chi connectivity index (χ0n) is 27.8. The zero-order valence-corrected chi connectivity index (χ0v) is 27.8. The van der Waals surface area contributed by atoms with E-state index in [0.717, 1.165) is 49.4 Å². The van der Waals surface area contributed by atoms with Gasteiger partial charge in [-0.25, -0.2) is 9.37 Å². The number of aryl methyl sites for hydroxylation is 1. The number of hydrogen-bond donors (Lipinski definition) is 3. The van der Waals surface area contributed by atoms with Gasteiger partial charge in [0.05, 0.1) is 6.20 Å². The number of nitrogens with zero attached hydrogens (tertiary/aromatic N) is 4. The normalized spacial score (nSPS) is 21.4. The third-order valence-electron chi connectivity index (χ3n) is 9.09. The van der Waals surface area contributed by atoms with Crippen LogP contribution in [0, 0.1) is 5.82 Å². The topological polar surface area (TPSA) is 113 Å². The SMILES string of the molecule is C[C@@H]1CN(CCc2ccc(-c3cccc(Oc4ncc(F)cc4C(=O)N[C@H]4CC[C@H](NC(=O)c5ccn(C)n5)CC4)c3)cc2)C[C@H](C)N1. The number of halogens is 1. The highest BCUT2D eigenvalue weighted by atomic mass is 19.1. The minimum Gasteiger partial charge on any atom is -0.438 e. The van der Waals surface area contributed by atoms with Gasteiger partial charge in [0.1, 0.15) is 22.8 Å². The first-order chi connectivity index (χ1) is 23.2. The Balaban J connectivity index is 1.04. The fraction of sp³-hybridized carbons (Fsp3) is 0.405. The number of pyridine rings is 1. The molecule has 0 spiro atoms. The maximum atomic E-state index is 14.3. The van der Waals surface area contributed by atoms with E-state index >= 15 is 0 Å². The lowest BCUT2D eigenvalue weighted by Gasteiger charge is -2.36. The molecule has 2 aliphatic rings. The second kappa shape index (κ2) is 15.1. The van der Waals surface area contributed by atoms with Crippen molar-refractivity contribution in [1.82, 2.24) is 35.6 Å². The quantitative estimate of drug-likeness (QED) is 0.218. The van der Waals surface area contributed by atoms with Crippen LogP contribution in [0.2, 0.25) is 0 Å². The number of rotatable bonds is 10. The Hall–Kier alpha value is -4.61. The van der Waals surface area contributed by atoms with E-state index in [0.29, 0.717) is 49.2 Å². The molecule has 1 saturated heterocycles. The molecule has 1 saturated carbocycles. The van der Waals surface area contributed by atoms with Gasteiger partial charge in [-0.15, -0.1) is 0 Å². The van der Waals surface area contributed by atoms with Crippen LogP contribution < -0.4 is 20.7 Å². The number of piperazine rings is 1. The molecule has 4 aromatic rings. The maximum absolute atomic E-state index is 14.3. The number of hydrogen-bond acceptors (Lipinski definition) is 7. The first kappa shape index (κ1) is 33.3. The summed E-state index contributed by atoms with van der Waals surface area (Å²) >= 11 is 0. The average Bonchev–Trinajstić information content (AvgIpc) is 3.52. The largest absolute Gasteiger partial charge is 0.438 e. The Kier molecular flexibility index (Phi) is 10.5. The van der Waals surface area contributed by atoms with Crippen molar-refractivity contribution < 1.29 is 18.7 Å².